The van der Waals surface area contributed by atoms with Crippen LogP contribution in [-0.4, -0.2) is 69.3 Å². The zero-order valence-electron chi connectivity index (χ0n) is 20.1. The average molecular weight is 451 g/mol. The number of piperazine rings is 1. The van der Waals surface area contributed by atoms with Gasteiger partial charge in [-0.2, -0.15) is 0 Å². The van der Waals surface area contributed by atoms with Gasteiger partial charge in [-0.1, -0.05) is 30.3 Å². The predicted molar refractivity (Wildman–Crippen MR) is 135 cm³/mol. The molecule has 178 valence electrons. The Kier molecular flexibility index (Phi) is 8.10. The van der Waals surface area contributed by atoms with E-state index in [1.54, 1.807) is 7.11 Å². The summed E-state index contributed by atoms with van der Waals surface area (Å²) in [4.78, 5) is 19.6. The summed E-state index contributed by atoms with van der Waals surface area (Å²) in [5, 5.41) is 3.13. The molecule has 0 spiro atoms. The molecule has 2 fully saturated rings. The fourth-order valence-corrected chi connectivity index (χ4v) is 4.93. The molecule has 2 aliphatic rings. The first-order valence-corrected chi connectivity index (χ1v) is 12.3. The first-order chi connectivity index (χ1) is 16.1. The van der Waals surface area contributed by atoms with Crippen LogP contribution in [0.5, 0.6) is 5.75 Å². The highest BCUT2D eigenvalue weighted by Crippen LogP contribution is 2.32. The summed E-state index contributed by atoms with van der Waals surface area (Å²) in [6, 6.07) is 16.7. The Morgan fingerprint density at radius 2 is 1.73 bits per heavy atom. The van der Waals surface area contributed by atoms with E-state index in [0.717, 1.165) is 81.6 Å². The first kappa shape index (κ1) is 23.4. The van der Waals surface area contributed by atoms with Crippen LogP contribution in [0.25, 0.3) is 0 Å². The van der Waals surface area contributed by atoms with Crippen molar-refractivity contribution in [1.29, 1.82) is 0 Å². The number of amides is 2. The topological polar surface area (TPSA) is 48.1 Å². The second-order valence-electron chi connectivity index (χ2n) is 9.42. The summed E-state index contributed by atoms with van der Waals surface area (Å²) in [7, 11) is 3.86. The van der Waals surface area contributed by atoms with Crippen LogP contribution in [0.3, 0.4) is 0 Å². The van der Waals surface area contributed by atoms with Gasteiger partial charge in [0, 0.05) is 45.0 Å². The standard InChI is InChI=1S/C27H38N4O2/c1-29-17-19-30(20-18-29)25-21-24(11-12-26(25)33-2)28-27(32)31-15-13-23(14-16-31)10-6-9-22-7-4-3-5-8-22/h3-5,7-8,11-12,21,23H,6,9-10,13-20H2,1-2H3,(H,28,32). The number of hydrogen-bond acceptors (Lipinski definition) is 4. The molecule has 0 atom stereocenters. The minimum Gasteiger partial charge on any atom is -0.495 e. The molecule has 2 aromatic carbocycles. The second kappa shape index (κ2) is 11.4. The molecule has 0 aliphatic carbocycles. The number of methoxy groups -OCH3 is 1. The average Bonchev–Trinajstić information content (AvgIpc) is 2.85. The Hall–Kier alpha value is -2.73. The second-order valence-corrected chi connectivity index (χ2v) is 9.42. The molecule has 4 rings (SSSR count). The molecule has 2 aliphatic heterocycles. The number of benzene rings is 2. The number of nitrogens with zero attached hydrogens (tertiary/aromatic N) is 3. The molecule has 1 N–H and O–H groups in total. The highest BCUT2D eigenvalue weighted by molar-refractivity contribution is 5.90. The largest absolute Gasteiger partial charge is 0.495 e. The van der Waals surface area contributed by atoms with Crippen molar-refractivity contribution in [2.24, 2.45) is 5.92 Å². The number of anilines is 2. The normalized spacial score (nSPS) is 17.8. The van der Waals surface area contributed by atoms with E-state index < -0.39 is 0 Å². The van der Waals surface area contributed by atoms with Crippen molar-refractivity contribution in [2.75, 3.05) is 63.6 Å². The number of urea groups is 1. The molecule has 6 nitrogen and oxygen atoms in total. The summed E-state index contributed by atoms with van der Waals surface area (Å²) in [6.07, 6.45) is 5.81. The molecule has 2 amide bonds. The number of ether oxygens (including phenoxy) is 1. The molecule has 2 heterocycles. The lowest BCUT2D eigenvalue weighted by Crippen LogP contribution is -2.44. The lowest BCUT2D eigenvalue weighted by Gasteiger charge is -2.35. The first-order valence-electron chi connectivity index (χ1n) is 12.3. The molecule has 0 bridgehead atoms. The van der Waals surface area contributed by atoms with Crippen LogP contribution >= 0.6 is 0 Å². The number of rotatable bonds is 7. The van der Waals surface area contributed by atoms with Gasteiger partial charge in [0.2, 0.25) is 0 Å². The SMILES string of the molecule is COc1ccc(NC(=O)N2CCC(CCCc3ccccc3)CC2)cc1N1CCN(C)CC1. The third-order valence-electron chi connectivity index (χ3n) is 7.10. The van der Waals surface area contributed by atoms with E-state index in [4.69, 9.17) is 4.74 Å². The van der Waals surface area contributed by atoms with Crippen LogP contribution in [0.15, 0.2) is 48.5 Å². The molecule has 2 aromatic rings. The molecule has 0 radical (unpaired) electrons. The van der Waals surface area contributed by atoms with Gasteiger partial charge >= 0.3 is 6.03 Å². The van der Waals surface area contributed by atoms with Gasteiger partial charge in [-0.15, -0.1) is 0 Å². The quantitative estimate of drug-likeness (QED) is 0.664. The van der Waals surface area contributed by atoms with Crippen molar-refractivity contribution >= 4 is 17.4 Å². The Morgan fingerprint density at radius 1 is 1.00 bits per heavy atom. The summed E-state index contributed by atoms with van der Waals surface area (Å²) in [6.45, 7) is 5.65. The molecule has 2 saturated heterocycles. The fraction of sp³-hybridized carbons (Fsp3) is 0.519. The molecule has 0 saturated carbocycles. The van der Waals surface area contributed by atoms with Crippen molar-refractivity contribution in [3.8, 4) is 5.75 Å². The minimum atomic E-state index is 0.00669. The predicted octanol–water partition coefficient (Wildman–Crippen LogP) is 4.71. The van der Waals surface area contributed by atoms with Gasteiger partial charge < -0.3 is 24.8 Å². The zero-order chi connectivity index (χ0) is 23.0. The maximum absolute atomic E-state index is 12.9. The molecule has 0 unspecified atom stereocenters. The van der Waals surface area contributed by atoms with E-state index in [-0.39, 0.29) is 6.03 Å². The van der Waals surface area contributed by atoms with Crippen molar-refractivity contribution in [3.05, 3.63) is 54.1 Å². The zero-order valence-corrected chi connectivity index (χ0v) is 20.1. The van der Waals surface area contributed by atoms with E-state index in [2.05, 4.69) is 58.6 Å². The van der Waals surface area contributed by atoms with Crippen molar-refractivity contribution in [3.63, 3.8) is 0 Å². The number of nitrogens with one attached hydrogen (secondary N) is 1. The van der Waals surface area contributed by atoms with Gasteiger partial charge in [-0.25, -0.2) is 4.79 Å². The summed E-state index contributed by atoms with van der Waals surface area (Å²) in [5.41, 5.74) is 3.31. The summed E-state index contributed by atoms with van der Waals surface area (Å²) >= 11 is 0. The number of carbonyl (C=O) groups excluding carboxylic acids is 1. The fourth-order valence-electron chi connectivity index (χ4n) is 4.93. The van der Waals surface area contributed by atoms with Gasteiger partial charge in [0.15, 0.2) is 0 Å². The van der Waals surface area contributed by atoms with Gasteiger partial charge in [0.05, 0.1) is 12.8 Å². The highest BCUT2D eigenvalue weighted by Gasteiger charge is 2.23. The number of hydrogen-bond donors (Lipinski definition) is 1. The monoisotopic (exact) mass is 450 g/mol. The maximum atomic E-state index is 12.9. The molecule has 6 heteroatoms. The van der Waals surface area contributed by atoms with Crippen LogP contribution in [0.4, 0.5) is 16.2 Å². The minimum absolute atomic E-state index is 0.00669. The van der Waals surface area contributed by atoms with E-state index in [9.17, 15) is 4.79 Å². The molecular weight excluding hydrogens is 412 g/mol. The van der Waals surface area contributed by atoms with Gasteiger partial charge in [0.25, 0.3) is 0 Å². The van der Waals surface area contributed by atoms with E-state index in [1.165, 1.54) is 18.4 Å². The smallest absolute Gasteiger partial charge is 0.321 e. The van der Waals surface area contributed by atoms with Crippen LogP contribution in [0.1, 0.15) is 31.2 Å². The maximum Gasteiger partial charge on any atom is 0.321 e. The van der Waals surface area contributed by atoms with Gasteiger partial charge in [0.1, 0.15) is 5.75 Å². The number of piperidine rings is 1. The lowest BCUT2D eigenvalue weighted by molar-refractivity contribution is 0.179. The van der Waals surface area contributed by atoms with Crippen molar-refractivity contribution in [1.82, 2.24) is 9.80 Å². The number of carbonyl (C=O) groups is 1. The Labute approximate surface area is 198 Å². The third kappa shape index (κ3) is 6.41. The number of aryl methyl sites for hydroxylation is 1. The van der Waals surface area contributed by atoms with Gasteiger partial charge in [-0.05, 0) is 68.8 Å². The van der Waals surface area contributed by atoms with Crippen LogP contribution < -0.4 is 15.0 Å². The van der Waals surface area contributed by atoms with Crippen LogP contribution in [0.2, 0.25) is 0 Å². The Morgan fingerprint density at radius 3 is 2.42 bits per heavy atom. The van der Waals surface area contributed by atoms with E-state index in [1.807, 2.05) is 17.0 Å². The summed E-state index contributed by atoms with van der Waals surface area (Å²) < 4.78 is 5.60. The van der Waals surface area contributed by atoms with Crippen LogP contribution in [0, 0.1) is 5.92 Å². The number of likely N-dealkylation sites (N-methyl/N-ethyl adjacent to an activating group) is 1. The third-order valence-corrected chi connectivity index (χ3v) is 7.10. The molecule has 0 aromatic heterocycles. The van der Waals surface area contributed by atoms with E-state index >= 15 is 0 Å². The van der Waals surface area contributed by atoms with E-state index in [0.29, 0.717) is 0 Å². The van der Waals surface area contributed by atoms with Gasteiger partial charge in [-0.3, -0.25) is 0 Å². The lowest BCUT2D eigenvalue weighted by atomic mass is 9.91. The summed E-state index contributed by atoms with van der Waals surface area (Å²) in [5.74, 6) is 1.58. The highest BCUT2D eigenvalue weighted by atomic mass is 16.5. The molecule has 33 heavy (non-hydrogen) atoms. The Balaban J connectivity index is 1.26. The number of likely N-dealkylation sites (tertiary alicyclic amines) is 1. The van der Waals surface area contributed by atoms with Crippen molar-refractivity contribution < 1.29 is 9.53 Å². The molecular formula is C27H38N4O2. The van der Waals surface area contributed by atoms with Crippen molar-refractivity contribution in [2.45, 2.75) is 32.1 Å². The van der Waals surface area contributed by atoms with Crippen LogP contribution in [-0.2, 0) is 6.42 Å². The Bertz CT molecular complexity index is 888.